The van der Waals surface area contributed by atoms with Crippen LogP contribution in [0.1, 0.15) is 16.8 Å². The number of anilines is 2. The number of ether oxygens (including phenoxy) is 2. The van der Waals surface area contributed by atoms with E-state index in [1.54, 1.807) is 18.3 Å². The Balaban J connectivity index is 1.26. The summed E-state index contributed by atoms with van der Waals surface area (Å²) in [6.07, 6.45) is 2.24. The molecule has 206 valence electrons. The van der Waals surface area contributed by atoms with Crippen LogP contribution in [0.2, 0.25) is 0 Å². The number of hydrogen-bond donors (Lipinski definition) is 1. The lowest BCUT2D eigenvalue weighted by atomic mass is 9.99. The number of benzene rings is 3. The number of rotatable bonds is 7. The minimum Gasteiger partial charge on any atom is -0.467 e. The lowest BCUT2D eigenvalue weighted by Gasteiger charge is -2.42. The fraction of sp³-hybridized carbons (Fsp3) is 0.323. The van der Waals surface area contributed by atoms with Crippen molar-refractivity contribution in [2.75, 3.05) is 49.9 Å². The molecule has 1 N–H and O–H groups in total. The van der Waals surface area contributed by atoms with Crippen molar-refractivity contribution in [1.29, 1.82) is 0 Å². The zero-order chi connectivity index (χ0) is 27.5. The lowest BCUT2D eigenvalue weighted by molar-refractivity contribution is 0.0512. The topological polar surface area (TPSA) is 91.3 Å². The molecule has 1 aromatic heterocycles. The predicted molar refractivity (Wildman–Crippen MR) is 154 cm³/mol. The van der Waals surface area contributed by atoms with E-state index in [1.165, 1.54) is 5.39 Å². The Hall–Kier alpha value is -4.37. The number of hydrogen-bond acceptors (Lipinski definition) is 7. The summed E-state index contributed by atoms with van der Waals surface area (Å²) in [6, 6.07) is 22.4. The van der Waals surface area contributed by atoms with Gasteiger partial charge < -0.3 is 29.3 Å². The zero-order valence-electron chi connectivity index (χ0n) is 22.6. The van der Waals surface area contributed by atoms with Crippen molar-refractivity contribution in [3.63, 3.8) is 0 Å². The van der Waals surface area contributed by atoms with Gasteiger partial charge in [-0.25, -0.2) is 14.8 Å². The SMILES string of the molecule is COCOc1cc(N2CCc3c(ncnc3N3CCN(C(=O)O)C(Cc4ccccc4)C3)C2)c2ccccc2c1. The van der Waals surface area contributed by atoms with Crippen LogP contribution in [-0.2, 0) is 24.1 Å². The maximum atomic E-state index is 12.0. The van der Waals surface area contributed by atoms with Gasteiger partial charge in [-0.15, -0.1) is 0 Å². The first-order chi connectivity index (χ1) is 19.6. The van der Waals surface area contributed by atoms with E-state index < -0.39 is 6.09 Å². The number of amides is 1. The monoisotopic (exact) mass is 539 g/mol. The quantitative estimate of drug-likeness (QED) is 0.341. The first-order valence-corrected chi connectivity index (χ1v) is 13.6. The molecule has 9 nitrogen and oxygen atoms in total. The minimum absolute atomic E-state index is 0.152. The van der Waals surface area contributed by atoms with Crippen LogP contribution in [-0.4, -0.2) is 72.2 Å². The molecule has 40 heavy (non-hydrogen) atoms. The van der Waals surface area contributed by atoms with Gasteiger partial charge in [0.25, 0.3) is 0 Å². The highest BCUT2D eigenvalue weighted by atomic mass is 16.7. The van der Waals surface area contributed by atoms with Gasteiger partial charge in [-0.3, -0.25) is 0 Å². The van der Waals surface area contributed by atoms with Crippen molar-refractivity contribution in [2.24, 2.45) is 0 Å². The van der Waals surface area contributed by atoms with Crippen molar-refractivity contribution >= 4 is 28.4 Å². The standard InChI is InChI=1S/C31H33N5O4/c1-39-21-40-25-16-23-9-5-6-10-26(23)29(17-25)34-12-11-27-28(19-34)32-20-33-30(27)35-13-14-36(31(37)38)24(18-35)15-22-7-3-2-4-8-22/h2-10,16-17,20,24H,11-15,18-19,21H2,1H3,(H,37,38). The number of carboxylic acid groups (broad SMARTS) is 1. The number of piperazine rings is 1. The molecule has 1 fully saturated rings. The van der Waals surface area contributed by atoms with E-state index in [2.05, 4.69) is 46.2 Å². The van der Waals surface area contributed by atoms with Crippen LogP contribution >= 0.6 is 0 Å². The van der Waals surface area contributed by atoms with Gasteiger partial charge in [0.2, 0.25) is 0 Å². The van der Waals surface area contributed by atoms with Crippen molar-refractivity contribution in [3.8, 4) is 5.75 Å². The number of methoxy groups -OCH3 is 1. The smallest absolute Gasteiger partial charge is 0.407 e. The van der Waals surface area contributed by atoms with Crippen LogP contribution in [0.15, 0.2) is 73.1 Å². The third-order valence-electron chi connectivity index (χ3n) is 7.82. The molecule has 0 spiro atoms. The molecule has 0 bridgehead atoms. The third kappa shape index (κ3) is 5.24. The van der Waals surface area contributed by atoms with Crippen LogP contribution < -0.4 is 14.5 Å². The highest BCUT2D eigenvalue weighted by Gasteiger charge is 2.33. The molecule has 0 radical (unpaired) electrons. The summed E-state index contributed by atoms with van der Waals surface area (Å²) in [5.41, 5.74) is 4.39. The van der Waals surface area contributed by atoms with Crippen LogP contribution in [0.5, 0.6) is 5.75 Å². The maximum absolute atomic E-state index is 12.0. The van der Waals surface area contributed by atoms with Gasteiger partial charge in [0.1, 0.15) is 17.9 Å². The van der Waals surface area contributed by atoms with E-state index in [-0.39, 0.29) is 12.8 Å². The second-order valence-corrected chi connectivity index (χ2v) is 10.3. The van der Waals surface area contributed by atoms with Crippen LogP contribution in [0, 0.1) is 0 Å². The summed E-state index contributed by atoms with van der Waals surface area (Å²) >= 11 is 0. The molecule has 0 saturated carbocycles. The molecule has 2 aliphatic rings. The molecule has 1 amide bonds. The van der Waals surface area contributed by atoms with E-state index in [1.807, 2.05) is 30.3 Å². The summed E-state index contributed by atoms with van der Waals surface area (Å²) < 4.78 is 10.9. The molecule has 1 atom stereocenters. The highest BCUT2D eigenvalue weighted by molar-refractivity contribution is 5.95. The zero-order valence-corrected chi connectivity index (χ0v) is 22.6. The number of carbonyl (C=O) groups is 1. The first kappa shape index (κ1) is 25.9. The van der Waals surface area contributed by atoms with Crippen LogP contribution in [0.4, 0.5) is 16.3 Å². The Morgan fingerprint density at radius 1 is 1.00 bits per heavy atom. The van der Waals surface area contributed by atoms with Crippen molar-refractivity contribution in [1.82, 2.24) is 14.9 Å². The molecule has 3 aromatic carbocycles. The van der Waals surface area contributed by atoms with Gasteiger partial charge in [0, 0.05) is 56.0 Å². The Morgan fingerprint density at radius 2 is 1.82 bits per heavy atom. The third-order valence-corrected chi connectivity index (χ3v) is 7.82. The molecule has 9 heteroatoms. The van der Waals surface area contributed by atoms with Gasteiger partial charge in [-0.05, 0) is 29.9 Å². The van der Waals surface area contributed by atoms with E-state index in [4.69, 9.17) is 19.4 Å². The maximum Gasteiger partial charge on any atom is 0.407 e. The normalized spacial score (nSPS) is 17.1. The molecule has 1 saturated heterocycles. The summed E-state index contributed by atoms with van der Waals surface area (Å²) in [5.74, 6) is 1.69. The van der Waals surface area contributed by atoms with Crippen LogP contribution in [0.3, 0.4) is 0 Å². The molecule has 4 aromatic rings. The highest BCUT2D eigenvalue weighted by Crippen LogP contribution is 2.36. The Bertz CT molecular complexity index is 1500. The molecule has 2 aliphatic heterocycles. The van der Waals surface area contributed by atoms with Crippen molar-refractivity contribution in [2.45, 2.75) is 25.4 Å². The van der Waals surface area contributed by atoms with Crippen LogP contribution in [0.25, 0.3) is 10.8 Å². The van der Waals surface area contributed by atoms with Gasteiger partial charge in [-0.2, -0.15) is 0 Å². The molecule has 6 rings (SSSR count). The molecule has 3 heterocycles. The van der Waals surface area contributed by atoms with Gasteiger partial charge in [0.05, 0.1) is 18.3 Å². The predicted octanol–water partition coefficient (Wildman–Crippen LogP) is 4.59. The number of nitrogens with zero attached hydrogens (tertiary/aromatic N) is 5. The van der Waals surface area contributed by atoms with Crippen molar-refractivity contribution in [3.05, 3.63) is 89.9 Å². The molecular weight excluding hydrogens is 506 g/mol. The fourth-order valence-corrected chi connectivity index (χ4v) is 5.91. The minimum atomic E-state index is -0.870. The Morgan fingerprint density at radius 3 is 2.65 bits per heavy atom. The molecule has 1 unspecified atom stereocenters. The molecular formula is C31H33N5O4. The summed E-state index contributed by atoms with van der Waals surface area (Å²) in [5, 5.41) is 12.2. The fourth-order valence-electron chi connectivity index (χ4n) is 5.91. The van der Waals surface area contributed by atoms with Gasteiger partial charge >= 0.3 is 6.09 Å². The largest absolute Gasteiger partial charge is 0.467 e. The van der Waals surface area contributed by atoms with Crippen molar-refractivity contribution < 1.29 is 19.4 Å². The van der Waals surface area contributed by atoms with E-state index in [9.17, 15) is 9.90 Å². The average molecular weight is 540 g/mol. The Labute approximate surface area is 233 Å². The van der Waals surface area contributed by atoms with E-state index in [0.717, 1.165) is 52.4 Å². The summed E-state index contributed by atoms with van der Waals surface area (Å²) in [6.45, 7) is 3.31. The summed E-state index contributed by atoms with van der Waals surface area (Å²) in [7, 11) is 1.62. The summed E-state index contributed by atoms with van der Waals surface area (Å²) in [4.78, 5) is 27.6. The first-order valence-electron chi connectivity index (χ1n) is 13.6. The lowest BCUT2D eigenvalue weighted by Crippen LogP contribution is -2.56. The molecule has 0 aliphatic carbocycles. The second-order valence-electron chi connectivity index (χ2n) is 10.3. The number of aromatic nitrogens is 2. The second kappa shape index (κ2) is 11.4. The van der Waals surface area contributed by atoms with E-state index in [0.29, 0.717) is 32.6 Å². The van der Waals surface area contributed by atoms with Gasteiger partial charge in [0.15, 0.2) is 6.79 Å². The van der Waals surface area contributed by atoms with Gasteiger partial charge in [-0.1, -0.05) is 54.6 Å². The average Bonchev–Trinajstić information content (AvgIpc) is 2.99. The number of fused-ring (bicyclic) bond motifs is 2. The van der Waals surface area contributed by atoms with E-state index >= 15 is 0 Å². The Kier molecular flexibility index (Phi) is 7.37.